The fraction of sp³-hybridized carbons (Fsp3) is 0.368. The van der Waals surface area contributed by atoms with Gasteiger partial charge in [-0.25, -0.2) is 19.7 Å². The average molecular weight is 445 g/mol. The first-order valence-electron chi connectivity index (χ1n) is 8.48. The van der Waals surface area contributed by atoms with Crippen LogP contribution in [0.3, 0.4) is 0 Å². The Morgan fingerprint density at radius 1 is 1.21 bits per heavy atom. The zero-order chi connectivity index (χ0) is 21.1. The van der Waals surface area contributed by atoms with Gasteiger partial charge in [0.05, 0.1) is 10.7 Å². The van der Waals surface area contributed by atoms with Gasteiger partial charge in [-0.2, -0.15) is 0 Å². The molecule has 0 spiro atoms. The molecule has 9 heteroatoms. The number of benzene rings is 1. The minimum absolute atomic E-state index is 0.156. The van der Waals surface area contributed by atoms with Gasteiger partial charge >= 0.3 is 6.09 Å². The van der Waals surface area contributed by atoms with Crippen LogP contribution in [0.25, 0.3) is 0 Å². The molecule has 1 amide bonds. The molecule has 0 unspecified atom stereocenters. The Morgan fingerprint density at radius 3 is 2.46 bits per heavy atom. The number of ether oxygens (including phenoxy) is 1. The molecule has 2 aromatic rings. The fourth-order valence-corrected chi connectivity index (χ4v) is 3.21. The Hall–Kier alpha value is -1.89. The summed E-state index contributed by atoms with van der Waals surface area (Å²) < 4.78 is 5.56. The number of nitrogens with zero attached hydrogens (tertiary/aromatic N) is 3. The topological polar surface area (TPSA) is 72.4 Å². The van der Waals surface area contributed by atoms with Gasteiger partial charge in [0.25, 0.3) is 0 Å². The number of rotatable bonds is 5. The summed E-state index contributed by atoms with van der Waals surface area (Å²) in [5, 5.41) is 0.797. The fourth-order valence-electron chi connectivity index (χ4n) is 2.42. The highest BCUT2D eigenvalue weighted by molar-refractivity contribution is 6.37. The number of aromatic nitrogens is 2. The van der Waals surface area contributed by atoms with Crippen molar-refractivity contribution in [2.24, 2.45) is 0 Å². The predicted octanol–water partition coefficient (Wildman–Crippen LogP) is 5.95. The number of hydrogen-bond donors (Lipinski definition) is 0. The van der Waals surface area contributed by atoms with Crippen molar-refractivity contribution < 1.29 is 14.3 Å². The lowest BCUT2D eigenvalue weighted by molar-refractivity contribution is -0.107. The molecule has 0 N–H and O–H groups in total. The SMILES string of the molecule is Cc1nc(Cl)c(CCC=O)c(N(C(=O)OC(C)(C)C)c2ccc(Cl)cc2Cl)n1. The minimum Gasteiger partial charge on any atom is -0.443 e. The van der Waals surface area contributed by atoms with E-state index in [9.17, 15) is 9.59 Å². The minimum atomic E-state index is -0.761. The van der Waals surface area contributed by atoms with Crippen LogP contribution < -0.4 is 4.90 Å². The van der Waals surface area contributed by atoms with Crippen LogP contribution in [-0.4, -0.2) is 27.9 Å². The van der Waals surface area contributed by atoms with Crippen molar-refractivity contribution in [1.82, 2.24) is 9.97 Å². The predicted molar refractivity (Wildman–Crippen MR) is 111 cm³/mol. The Morgan fingerprint density at radius 2 is 1.89 bits per heavy atom. The molecule has 0 fully saturated rings. The first kappa shape index (κ1) is 22.4. The molecule has 0 aliphatic rings. The van der Waals surface area contributed by atoms with Gasteiger partial charge in [-0.1, -0.05) is 34.8 Å². The highest BCUT2D eigenvalue weighted by Crippen LogP contribution is 2.37. The molecule has 0 aliphatic heterocycles. The number of carbonyl (C=O) groups is 2. The molecule has 0 atom stereocenters. The van der Waals surface area contributed by atoms with Gasteiger partial charge in [-0.3, -0.25) is 0 Å². The number of amides is 1. The van der Waals surface area contributed by atoms with Crippen molar-refractivity contribution in [3.63, 3.8) is 0 Å². The second-order valence-corrected chi connectivity index (χ2v) is 8.18. The second kappa shape index (κ2) is 9.07. The molecule has 6 nitrogen and oxygen atoms in total. The zero-order valence-electron chi connectivity index (χ0n) is 15.9. The van der Waals surface area contributed by atoms with Crippen molar-refractivity contribution in [3.8, 4) is 0 Å². The summed E-state index contributed by atoms with van der Waals surface area (Å²) in [6, 6.07) is 4.70. The maximum Gasteiger partial charge on any atom is 0.420 e. The highest BCUT2D eigenvalue weighted by Gasteiger charge is 2.30. The van der Waals surface area contributed by atoms with Gasteiger partial charge in [0.2, 0.25) is 0 Å². The highest BCUT2D eigenvalue weighted by atomic mass is 35.5. The van der Waals surface area contributed by atoms with E-state index in [4.69, 9.17) is 39.5 Å². The summed E-state index contributed by atoms with van der Waals surface area (Å²) in [5.74, 6) is 0.561. The Balaban J connectivity index is 2.71. The lowest BCUT2D eigenvalue weighted by atomic mass is 10.1. The monoisotopic (exact) mass is 443 g/mol. The molecular formula is C19H20Cl3N3O3. The van der Waals surface area contributed by atoms with Crippen LogP contribution in [0, 0.1) is 6.92 Å². The Labute approximate surface area is 178 Å². The molecule has 150 valence electrons. The normalized spacial score (nSPS) is 11.2. The number of anilines is 2. The van der Waals surface area contributed by atoms with Crippen LogP contribution in [0.15, 0.2) is 18.2 Å². The number of carbonyl (C=O) groups excluding carboxylic acids is 2. The van der Waals surface area contributed by atoms with Crippen molar-refractivity contribution in [2.75, 3.05) is 4.90 Å². The molecule has 0 aliphatic carbocycles. The van der Waals surface area contributed by atoms with E-state index in [1.54, 1.807) is 39.8 Å². The van der Waals surface area contributed by atoms with Gasteiger partial charge in [-0.05, 0) is 52.3 Å². The molecule has 1 heterocycles. The summed E-state index contributed by atoms with van der Waals surface area (Å²) in [4.78, 5) is 33.7. The van der Waals surface area contributed by atoms with E-state index < -0.39 is 11.7 Å². The summed E-state index contributed by atoms with van der Waals surface area (Å²) in [7, 11) is 0. The summed E-state index contributed by atoms with van der Waals surface area (Å²) in [6.07, 6.45) is 0.503. The molecule has 0 saturated heterocycles. The van der Waals surface area contributed by atoms with E-state index in [0.29, 0.717) is 22.1 Å². The van der Waals surface area contributed by atoms with Gasteiger partial charge < -0.3 is 9.53 Å². The summed E-state index contributed by atoms with van der Waals surface area (Å²) in [6.45, 7) is 6.89. The average Bonchev–Trinajstić information content (AvgIpc) is 2.54. The smallest absolute Gasteiger partial charge is 0.420 e. The van der Waals surface area contributed by atoms with E-state index in [1.165, 1.54) is 11.0 Å². The Kier molecular flexibility index (Phi) is 7.26. The van der Waals surface area contributed by atoms with E-state index in [2.05, 4.69) is 9.97 Å². The number of aryl methyl sites for hydroxylation is 1. The number of hydrogen-bond acceptors (Lipinski definition) is 5. The zero-order valence-corrected chi connectivity index (χ0v) is 18.2. The van der Waals surface area contributed by atoms with Crippen molar-refractivity contribution in [2.45, 2.75) is 46.1 Å². The molecule has 2 rings (SSSR count). The summed E-state index contributed by atoms with van der Waals surface area (Å²) >= 11 is 18.7. The first-order valence-corrected chi connectivity index (χ1v) is 9.61. The first-order chi connectivity index (χ1) is 13.0. The van der Waals surface area contributed by atoms with Crippen molar-refractivity contribution in [3.05, 3.63) is 44.8 Å². The maximum absolute atomic E-state index is 13.1. The standard InChI is InChI=1S/C19H20Cl3N3O3/c1-11-23-16(22)13(6-5-9-26)17(24-11)25(18(27)28-19(2,3)4)15-8-7-12(20)10-14(15)21/h7-10H,5-6H2,1-4H3. The van der Waals surface area contributed by atoms with Gasteiger partial charge in [0, 0.05) is 17.0 Å². The second-order valence-electron chi connectivity index (χ2n) is 6.98. The third-order valence-electron chi connectivity index (χ3n) is 3.50. The number of aldehydes is 1. The van der Waals surface area contributed by atoms with Crippen LogP contribution in [-0.2, 0) is 16.0 Å². The molecule has 1 aromatic carbocycles. The van der Waals surface area contributed by atoms with Crippen LogP contribution in [0.4, 0.5) is 16.3 Å². The lowest BCUT2D eigenvalue weighted by Crippen LogP contribution is -2.35. The van der Waals surface area contributed by atoms with E-state index in [0.717, 1.165) is 6.29 Å². The third kappa shape index (κ3) is 5.56. The molecule has 0 radical (unpaired) electrons. The maximum atomic E-state index is 13.1. The third-order valence-corrected chi connectivity index (χ3v) is 4.35. The van der Waals surface area contributed by atoms with Gasteiger partial charge in [-0.15, -0.1) is 0 Å². The molecular weight excluding hydrogens is 425 g/mol. The van der Waals surface area contributed by atoms with Crippen LogP contribution in [0.2, 0.25) is 15.2 Å². The van der Waals surface area contributed by atoms with E-state index in [1.807, 2.05) is 0 Å². The molecule has 0 saturated carbocycles. The largest absolute Gasteiger partial charge is 0.443 e. The van der Waals surface area contributed by atoms with E-state index >= 15 is 0 Å². The van der Waals surface area contributed by atoms with Crippen LogP contribution >= 0.6 is 34.8 Å². The van der Waals surface area contributed by atoms with Crippen LogP contribution in [0.1, 0.15) is 38.6 Å². The van der Waals surface area contributed by atoms with Crippen LogP contribution in [0.5, 0.6) is 0 Å². The summed E-state index contributed by atoms with van der Waals surface area (Å²) in [5.41, 5.74) is 0.00126. The molecule has 28 heavy (non-hydrogen) atoms. The van der Waals surface area contributed by atoms with Crippen molar-refractivity contribution >= 4 is 58.7 Å². The van der Waals surface area contributed by atoms with Crippen molar-refractivity contribution in [1.29, 1.82) is 0 Å². The number of halogens is 3. The van der Waals surface area contributed by atoms with Gasteiger partial charge in [0.15, 0.2) is 5.82 Å². The Bertz CT molecular complexity index is 898. The molecule has 0 bridgehead atoms. The van der Waals surface area contributed by atoms with E-state index in [-0.39, 0.29) is 28.8 Å². The van der Waals surface area contributed by atoms with Gasteiger partial charge in [0.1, 0.15) is 22.9 Å². The molecule has 1 aromatic heterocycles. The lowest BCUT2D eigenvalue weighted by Gasteiger charge is -2.29. The quantitative estimate of drug-likeness (QED) is 0.421.